The maximum Gasteiger partial charge on any atom is 0.231 e. The molecule has 0 atom stereocenters. The number of hydrogen-bond acceptors (Lipinski definition) is 4. The number of fused-ring (bicyclic) bond motifs is 1. The number of amides is 1. The van der Waals surface area contributed by atoms with Gasteiger partial charge in [-0.25, -0.2) is 0 Å². The number of furan rings is 1. The van der Waals surface area contributed by atoms with Crippen LogP contribution in [-0.4, -0.2) is 17.6 Å². The number of aryl methyl sites for hydroxylation is 1. The van der Waals surface area contributed by atoms with Gasteiger partial charge in [0.25, 0.3) is 0 Å². The summed E-state index contributed by atoms with van der Waals surface area (Å²) in [5.41, 5.74) is 2.16. The van der Waals surface area contributed by atoms with E-state index in [9.17, 15) is 4.79 Å². The van der Waals surface area contributed by atoms with Gasteiger partial charge in [0.05, 0.1) is 12.8 Å². The topological polar surface area (TPSA) is 51.9 Å². The van der Waals surface area contributed by atoms with E-state index in [1.807, 2.05) is 65.6 Å². The minimum absolute atomic E-state index is 0.0907. The number of ether oxygens (including phenoxy) is 2. The first-order valence-corrected chi connectivity index (χ1v) is 9.00. The maximum atomic E-state index is 12.9. The summed E-state index contributed by atoms with van der Waals surface area (Å²) >= 11 is 0. The van der Waals surface area contributed by atoms with Crippen LogP contribution in [0, 0.1) is 0 Å². The third kappa shape index (κ3) is 4.31. The summed E-state index contributed by atoms with van der Waals surface area (Å²) in [5, 5.41) is 0. The molecule has 1 aromatic heterocycles. The Morgan fingerprint density at radius 2 is 1.74 bits per heavy atom. The predicted octanol–water partition coefficient (Wildman–Crippen LogP) is 4.17. The van der Waals surface area contributed by atoms with Gasteiger partial charge in [-0.15, -0.1) is 0 Å². The number of carbonyl (C=O) groups is 1. The van der Waals surface area contributed by atoms with Crippen LogP contribution in [0.4, 0.5) is 0 Å². The van der Waals surface area contributed by atoms with Crippen LogP contribution in [-0.2, 0) is 24.3 Å². The van der Waals surface area contributed by atoms with Crippen molar-refractivity contribution in [1.82, 2.24) is 4.90 Å². The molecular formula is C22H21NO4. The van der Waals surface area contributed by atoms with Gasteiger partial charge in [-0.1, -0.05) is 36.4 Å². The smallest absolute Gasteiger partial charge is 0.231 e. The molecule has 0 unspecified atom stereocenters. The van der Waals surface area contributed by atoms with Gasteiger partial charge >= 0.3 is 0 Å². The highest BCUT2D eigenvalue weighted by Gasteiger charge is 2.17. The van der Waals surface area contributed by atoms with Crippen LogP contribution in [0.3, 0.4) is 0 Å². The van der Waals surface area contributed by atoms with Gasteiger partial charge in [-0.05, 0) is 41.8 Å². The first kappa shape index (κ1) is 17.2. The highest BCUT2D eigenvalue weighted by molar-refractivity contribution is 5.76. The molecule has 5 nitrogen and oxygen atoms in total. The Kier molecular flexibility index (Phi) is 5.10. The zero-order chi connectivity index (χ0) is 18.5. The van der Waals surface area contributed by atoms with Crippen molar-refractivity contribution in [3.8, 4) is 11.5 Å². The van der Waals surface area contributed by atoms with Crippen molar-refractivity contribution in [2.75, 3.05) is 6.79 Å². The second kappa shape index (κ2) is 7.99. The van der Waals surface area contributed by atoms with E-state index in [0.717, 1.165) is 28.4 Å². The Labute approximate surface area is 158 Å². The molecule has 4 rings (SSSR count). The average molecular weight is 363 g/mol. The fourth-order valence-electron chi connectivity index (χ4n) is 3.13. The minimum Gasteiger partial charge on any atom is -0.467 e. The van der Waals surface area contributed by atoms with E-state index in [-0.39, 0.29) is 12.7 Å². The van der Waals surface area contributed by atoms with Crippen molar-refractivity contribution >= 4 is 5.91 Å². The van der Waals surface area contributed by atoms with Gasteiger partial charge < -0.3 is 18.8 Å². The Bertz CT molecular complexity index is 890. The lowest BCUT2D eigenvalue weighted by atomic mass is 10.1. The van der Waals surface area contributed by atoms with Crippen molar-refractivity contribution in [2.24, 2.45) is 0 Å². The van der Waals surface area contributed by atoms with Crippen LogP contribution in [0.25, 0.3) is 0 Å². The average Bonchev–Trinajstić information content (AvgIpc) is 3.37. The second-order valence-corrected chi connectivity index (χ2v) is 6.50. The van der Waals surface area contributed by atoms with E-state index >= 15 is 0 Å². The van der Waals surface area contributed by atoms with Crippen LogP contribution in [0.1, 0.15) is 23.3 Å². The van der Waals surface area contributed by atoms with E-state index in [4.69, 9.17) is 13.9 Å². The summed E-state index contributed by atoms with van der Waals surface area (Å²) in [7, 11) is 0. The lowest BCUT2D eigenvalue weighted by molar-refractivity contribution is -0.132. The molecule has 0 N–H and O–H groups in total. The molecule has 1 aliphatic heterocycles. The lowest BCUT2D eigenvalue weighted by Gasteiger charge is -2.22. The van der Waals surface area contributed by atoms with Gasteiger partial charge in [0.15, 0.2) is 11.5 Å². The number of carbonyl (C=O) groups excluding carboxylic acids is 1. The maximum absolute atomic E-state index is 12.9. The summed E-state index contributed by atoms with van der Waals surface area (Å²) in [6.45, 7) is 1.27. The van der Waals surface area contributed by atoms with Crippen LogP contribution in [0.15, 0.2) is 71.3 Å². The second-order valence-electron chi connectivity index (χ2n) is 6.50. The highest BCUT2D eigenvalue weighted by Crippen LogP contribution is 2.32. The predicted molar refractivity (Wildman–Crippen MR) is 100 cm³/mol. The molecular weight excluding hydrogens is 342 g/mol. The lowest BCUT2D eigenvalue weighted by Crippen LogP contribution is -2.30. The molecule has 1 amide bonds. The molecule has 0 aliphatic carbocycles. The Morgan fingerprint density at radius 1 is 0.889 bits per heavy atom. The fourth-order valence-corrected chi connectivity index (χ4v) is 3.13. The molecule has 2 heterocycles. The Hall–Kier alpha value is -3.21. The van der Waals surface area contributed by atoms with Gasteiger partial charge in [-0.3, -0.25) is 4.79 Å². The molecule has 3 aromatic rings. The van der Waals surface area contributed by atoms with Crippen molar-refractivity contribution in [3.05, 3.63) is 83.8 Å². The standard InChI is InChI=1S/C22H21NO4/c24-22(11-9-17-8-10-20-21(13-17)27-16-26-20)23(15-19-7-4-12-25-19)14-18-5-2-1-3-6-18/h1-8,10,12-13H,9,11,14-16H2. The van der Waals surface area contributed by atoms with Crippen molar-refractivity contribution < 1.29 is 18.7 Å². The van der Waals surface area contributed by atoms with Gasteiger partial charge in [-0.2, -0.15) is 0 Å². The number of rotatable bonds is 7. The van der Waals surface area contributed by atoms with Gasteiger partial charge in [0.1, 0.15) is 5.76 Å². The summed E-state index contributed by atoms with van der Waals surface area (Å²) in [5.74, 6) is 2.38. The van der Waals surface area contributed by atoms with Crippen molar-refractivity contribution in [3.63, 3.8) is 0 Å². The van der Waals surface area contributed by atoms with E-state index in [2.05, 4.69) is 0 Å². The highest BCUT2D eigenvalue weighted by atomic mass is 16.7. The SMILES string of the molecule is O=C(CCc1ccc2c(c1)OCO2)N(Cc1ccccc1)Cc1ccco1. The summed E-state index contributed by atoms with van der Waals surface area (Å²) in [6.07, 6.45) is 2.71. The molecule has 0 saturated heterocycles. The summed E-state index contributed by atoms with van der Waals surface area (Å²) < 4.78 is 16.2. The minimum atomic E-state index is 0.0907. The normalized spacial score (nSPS) is 12.1. The molecule has 0 spiro atoms. The van der Waals surface area contributed by atoms with Gasteiger partial charge in [0.2, 0.25) is 12.7 Å². The molecule has 0 fully saturated rings. The zero-order valence-electron chi connectivity index (χ0n) is 15.0. The van der Waals surface area contributed by atoms with Crippen LogP contribution < -0.4 is 9.47 Å². The third-order valence-electron chi connectivity index (χ3n) is 4.56. The molecule has 0 radical (unpaired) electrons. The molecule has 0 saturated carbocycles. The first-order valence-electron chi connectivity index (χ1n) is 9.00. The number of benzene rings is 2. The Balaban J connectivity index is 1.43. The first-order chi connectivity index (χ1) is 13.3. The van der Waals surface area contributed by atoms with Crippen molar-refractivity contribution in [1.29, 1.82) is 0 Å². The summed E-state index contributed by atoms with van der Waals surface area (Å²) in [4.78, 5) is 14.7. The monoisotopic (exact) mass is 363 g/mol. The van der Waals surface area contributed by atoms with Gasteiger partial charge in [0, 0.05) is 13.0 Å². The quantitative estimate of drug-likeness (QED) is 0.632. The molecule has 2 aromatic carbocycles. The van der Waals surface area contributed by atoms with E-state index in [1.54, 1.807) is 6.26 Å². The summed E-state index contributed by atoms with van der Waals surface area (Å²) in [6, 6.07) is 19.6. The van der Waals surface area contributed by atoms with Crippen molar-refractivity contribution in [2.45, 2.75) is 25.9 Å². The number of hydrogen-bond donors (Lipinski definition) is 0. The molecule has 27 heavy (non-hydrogen) atoms. The van der Waals surface area contributed by atoms with Crippen LogP contribution in [0.5, 0.6) is 11.5 Å². The molecule has 1 aliphatic rings. The fraction of sp³-hybridized carbons (Fsp3) is 0.227. The van der Waals surface area contributed by atoms with E-state index in [1.165, 1.54) is 0 Å². The van der Waals surface area contributed by atoms with Crippen LogP contribution >= 0.6 is 0 Å². The number of nitrogens with zero attached hydrogens (tertiary/aromatic N) is 1. The molecule has 0 bridgehead atoms. The van der Waals surface area contributed by atoms with E-state index < -0.39 is 0 Å². The largest absolute Gasteiger partial charge is 0.467 e. The Morgan fingerprint density at radius 3 is 2.56 bits per heavy atom. The van der Waals surface area contributed by atoms with Crippen LogP contribution in [0.2, 0.25) is 0 Å². The zero-order valence-corrected chi connectivity index (χ0v) is 15.0. The third-order valence-corrected chi connectivity index (χ3v) is 4.56. The molecule has 5 heteroatoms. The molecule has 138 valence electrons. The van der Waals surface area contributed by atoms with E-state index in [0.29, 0.717) is 25.9 Å².